The van der Waals surface area contributed by atoms with E-state index in [2.05, 4.69) is 0 Å². The molecule has 2 rings (SSSR count). The highest BCUT2D eigenvalue weighted by Crippen LogP contribution is 2.35. The zero-order chi connectivity index (χ0) is 19.9. The number of methoxy groups -OCH3 is 1. The van der Waals surface area contributed by atoms with Gasteiger partial charge in [0.05, 0.1) is 19.3 Å². The molecule has 144 valence electrons. The Labute approximate surface area is 161 Å². The molecule has 0 spiro atoms. The van der Waals surface area contributed by atoms with Gasteiger partial charge in [-0.05, 0) is 30.0 Å². The van der Waals surface area contributed by atoms with Crippen molar-refractivity contribution in [2.75, 3.05) is 13.7 Å². The van der Waals surface area contributed by atoms with Crippen LogP contribution in [0.25, 0.3) is 5.76 Å². The van der Waals surface area contributed by atoms with Crippen LogP contribution < -0.4 is 4.74 Å². The molecule has 4 heteroatoms. The maximum atomic E-state index is 12.6. The third-order valence-electron chi connectivity index (χ3n) is 4.01. The summed E-state index contributed by atoms with van der Waals surface area (Å²) in [7, 11) is 1.57. The lowest BCUT2D eigenvalue weighted by Crippen LogP contribution is -2.22. The molecule has 2 aromatic carbocycles. The van der Waals surface area contributed by atoms with Crippen LogP contribution in [0.1, 0.15) is 38.8 Å². The van der Waals surface area contributed by atoms with Crippen LogP contribution in [0.4, 0.5) is 0 Å². The van der Waals surface area contributed by atoms with E-state index in [9.17, 15) is 4.79 Å². The number of hydrogen-bond acceptors (Lipinski definition) is 4. The number of rotatable bonds is 7. The first-order valence-corrected chi connectivity index (χ1v) is 9.09. The van der Waals surface area contributed by atoms with Crippen molar-refractivity contribution in [2.24, 2.45) is 5.41 Å². The summed E-state index contributed by atoms with van der Waals surface area (Å²) >= 11 is 0. The minimum absolute atomic E-state index is 0.315. The van der Waals surface area contributed by atoms with Gasteiger partial charge < -0.3 is 14.2 Å². The van der Waals surface area contributed by atoms with Gasteiger partial charge in [-0.3, -0.25) is 0 Å². The predicted octanol–water partition coefficient (Wildman–Crippen LogP) is 5.23. The first kappa shape index (κ1) is 20.6. The summed E-state index contributed by atoms with van der Waals surface area (Å²) < 4.78 is 16.8. The van der Waals surface area contributed by atoms with Crippen molar-refractivity contribution in [1.29, 1.82) is 0 Å². The van der Waals surface area contributed by atoms with Gasteiger partial charge in [-0.1, -0.05) is 63.2 Å². The molecule has 2 aromatic rings. The van der Waals surface area contributed by atoms with Gasteiger partial charge in [-0.25, -0.2) is 4.79 Å². The number of carbonyl (C=O) groups excluding carboxylic acids is 1. The van der Waals surface area contributed by atoms with Crippen molar-refractivity contribution < 1.29 is 19.0 Å². The van der Waals surface area contributed by atoms with E-state index >= 15 is 0 Å². The highest BCUT2D eigenvalue weighted by molar-refractivity contribution is 5.97. The summed E-state index contributed by atoms with van der Waals surface area (Å²) in [5, 5.41) is 0. The molecule has 0 N–H and O–H groups in total. The molecule has 0 aliphatic rings. The Morgan fingerprint density at radius 3 is 2.30 bits per heavy atom. The molecule has 0 bridgehead atoms. The first-order valence-electron chi connectivity index (χ1n) is 9.09. The second-order valence-corrected chi connectivity index (χ2v) is 7.18. The Kier molecular flexibility index (Phi) is 7.05. The number of ether oxygens (including phenoxy) is 3. The topological polar surface area (TPSA) is 44.8 Å². The minimum Gasteiger partial charge on any atom is -0.496 e. The van der Waals surface area contributed by atoms with E-state index in [1.165, 1.54) is 0 Å². The van der Waals surface area contributed by atoms with E-state index < -0.39 is 5.41 Å². The number of esters is 1. The molecular formula is C23H28O4. The molecule has 0 atom stereocenters. The van der Waals surface area contributed by atoms with Crippen LogP contribution in [0.15, 0.2) is 60.2 Å². The summed E-state index contributed by atoms with van der Waals surface area (Å²) in [6.07, 6.45) is 0. The molecule has 0 amide bonds. The van der Waals surface area contributed by atoms with Crippen LogP contribution >= 0.6 is 0 Å². The van der Waals surface area contributed by atoms with Gasteiger partial charge in [0.2, 0.25) is 0 Å². The van der Waals surface area contributed by atoms with Crippen molar-refractivity contribution in [3.8, 4) is 5.75 Å². The van der Waals surface area contributed by atoms with Gasteiger partial charge >= 0.3 is 5.97 Å². The van der Waals surface area contributed by atoms with Gasteiger partial charge in [0.25, 0.3) is 0 Å². The molecule has 0 saturated carbocycles. The quantitative estimate of drug-likeness (QED) is 0.381. The fraction of sp³-hybridized carbons (Fsp3) is 0.348. The predicted molar refractivity (Wildman–Crippen MR) is 107 cm³/mol. The molecule has 0 unspecified atom stereocenters. The maximum Gasteiger partial charge on any atom is 0.338 e. The Bertz CT molecular complexity index is 786. The zero-order valence-electron chi connectivity index (χ0n) is 16.7. The lowest BCUT2D eigenvalue weighted by Gasteiger charge is -2.24. The minimum atomic E-state index is -0.432. The largest absolute Gasteiger partial charge is 0.496 e. The van der Waals surface area contributed by atoms with E-state index in [0.29, 0.717) is 30.3 Å². The number of hydrogen-bond donors (Lipinski definition) is 0. The third-order valence-corrected chi connectivity index (χ3v) is 4.01. The fourth-order valence-corrected chi connectivity index (χ4v) is 2.78. The van der Waals surface area contributed by atoms with Gasteiger partial charge in [-0.2, -0.15) is 0 Å². The number of benzene rings is 2. The summed E-state index contributed by atoms with van der Waals surface area (Å²) in [5.41, 5.74) is 1.94. The average molecular weight is 368 g/mol. The first-order chi connectivity index (χ1) is 12.9. The average Bonchev–Trinajstić information content (AvgIpc) is 2.64. The molecule has 27 heavy (non-hydrogen) atoms. The molecular weight excluding hydrogens is 340 g/mol. The summed E-state index contributed by atoms with van der Waals surface area (Å²) in [4.78, 5) is 12.6. The molecule has 0 radical (unpaired) electrons. The van der Waals surface area contributed by atoms with Crippen molar-refractivity contribution in [1.82, 2.24) is 0 Å². The standard InChI is InChI=1S/C23H28O4/c1-6-26-22(24)20(23(2,3)4)21(25-5)18-13-10-14-19(15-18)27-16-17-11-8-7-9-12-17/h7-15H,6,16H2,1-5H3. The molecule has 0 saturated heterocycles. The van der Waals surface area contributed by atoms with E-state index in [0.717, 1.165) is 11.1 Å². The molecule has 4 nitrogen and oxygen atoms in total. The van der Waals surface area contributed by atoms with Crippen molar-refractivity contribution in [3.05, 3.63) is 71.3 Å². The van der Waals surface area contributed by atoms with Crippen LogP contribution in [0, 0.1) is 5.41 Å². The highest BCUT2D eigenvalue weighted by atomic mass is 16.5. The van der Waals surface area contributed by atoms with Gasteiger partial charge in [0, 0.05) is 5.56 Å². The van der Waals surface area contributed by atoms with E-state index in [4.69, 9.17) is 14.2 Å². The third kappa shape index (κ3) is 5.61. The molecule has 0 aliphatic heterocycles. The molecule has 0 aliphatic carbocycles. The molecule has 0 fully saturated rings. The zero-order valence-corrected chi connectivity index (χ0v) is 16.7. The SMILES string of the molecule is CCOC(=O)C(=C(OC)c1cccc(OCc2ccccc2)c1)C(C)(C)C. The Morgan fingerprint density at radius 1 is 1.00 bits per heavy atom. The Balaban J connectivity index is 2.36. The van der Waals surface area contributed by atoms with E-state index in [1.54, 1.807) is 14.0 Å². The molecule has 0 heterocycles. The van der Waals surface area contributed by atoms with Crippen LogP contribution in [0.3, 0.4) is 0 Å². The lowest BCUT2D eigenvalue weighted by atomic mass is 9.84. The summed E-state index contributed by atoms with van der Waals surface area (Å²) in [5.74, 6) is 0.853. The fourth-order valence-electron chi connectivity index (χ4n) is 2.78. The van der Waals surface area contributed by atoms with Crippen LogP contribution in [0.2, 0.25) is 0 Å². The van der Waals surface area contributed by atoms with Gasteiger partial charge in [-0.15, -0.1) is 0 Å². The monoisotopic (exact) mass is 368 g/mol. The van der Waals surface area contributed by atoms with Crippen molar-refractivity contribution >= 4 is 11.7 Å². The summed E-state index contributed by atoms with van der Waals surface area (Å²) in [6.45, 7) is 8.48. The smallest absolute Gasteiger partial charge is 0.338 e. The lowest BCUT2D eigenvalue weighted by molar-refractivity contribution is -0.139. The Morgan fingerprint density at radius 2 is 1.70 bits per heavy atom. The highest BCUT2D eigenvalue weighted by Gasteiger charge is 2.30. The van der Waals surface area contributed by atoms with Crippen LogP contribution in [-0.2, 0) is 20.9 Å². The second kappa shape index (κ2) is 9.26. The normalized spacial score (nSPS) is 12.2. The molecule has 0 aromatic heterocycles. The van der Waals surface area contributed by atoms with Crippen LogP contribution in [0.5, 0.6) is 5.75 Å². The Hall–Kier alpha value is -2.75. The van der Waals surface area contributed by atoms with Crippen molar-refractivity contribution in [2.45, 2.75) is 34.3 Å². The summed E-state index contributed by atoms with van der Waals surface area (Å²) in [6, 6.07) is 17.5. The van der Waals surface area contributed by atoms with Gasteiger partial charge in [0.1, 0.15) is 18.1 Å². The second-order valence-electron chi connectivity index (χ2n) is 7.18. The van der Waals surface area contributed by atoms with Gasteiger partial charge in [0.15, 0.2) is 0 Å². The van der Waals surface area contributed by atoms with Crippen molar-refractivity contribution in [3.63, 3.8) is 0 Å². The number of carbonyl (C=O) groups is 1. The maximum absolute atomic E-state index is 12.6. The van der Waals surface area contributed by atoms with Crippen LogP contribution in [-0.4, -0.2) is 19.7 Å². The van der Waals surface area contributed by atoms with E-state index in [1.807, 2.05) is 75.4 Å². The van der Waals surface area contributed by atoms with E-state index in [-0.39, 0.29) is 5.97 Å².